The lowest BCUT2D eigenvalue weighted by atomic mass is 9.87. The van der Waals surface area contributed by atoms with Crippen LogP contribution in [0.5, 0.6) is 0 Å². The average molecular weight is 261 g/mol. The van der Waals surface area contributed by atoms with Crippen LogP contribution < -0.4 is 5.32 Å². The summed E-state index contributed by atoms with van der Waals surface area (Å²) in [6, 6.07) is 8.72. The maximum Gasteiger partial charge on any atom is 0.323 e. The maximum absolute atomic E-state index is 11.8. The van der Waals surface area contributed by atoms with Crippen LogP contribution in [0.2, 0.25) is 0 Å². The highest BCUT2D eigenvalue weighted by atomic mass is 16.5. The number of hydrogen-bond donors (Lipinski definition) is 1. The van der Waals surface area contributed by atoms with Crippen molar-refractivity contribution in [1.29, 1.82) is 0 Å². The van der Waals surface area contributed by atoms with E-state index >= 15 is 0 Å². The predicted molar refractivity (Wildman–Crippen MR) is 76.0 cm³/mol. The molecule has 3 heteroatoms. The van der Waals surface area contributed by atoms with Gasteiger partial charge < -0.3 is 10.1 Å². The van der Waals surface area contributed by atoms with Crippen LogP contribution >= 0.6 is 0 Å². The lowest BCUT2D eigenvalue weighted by Gasteiger charge is -2.30. The van der Waals surface area contributed by atoms with Crippen molar-refractivity contribution in [3.63, 3.8) is 0 Å². The van der Waals surface area contributed by atoms with Crippen LogP contribution in [0, 0.1) is 5.92 Å². The van der Waals surface area contributed by atoms with E-state index in [2.05, 4.69) is 29.6 Å². The number of hydrogen-bond acceptors (Lipinski definition) is 3. The van der Waals surface area contributed by atoms with E-state index in [0.29, 0.717) is 6.04 Å². The molecule has 0 heterocycles. The minimum absolute atomic E-state index is 0.158. The third-order valence-corrected chi connectivity index (χ3v) is 3.88. The van der Waals surface area contributed by atoms with Crippen LogP contribution in [0.1, 0.15) is 31.4 Å². The molecule has 104 valence electrons. The molecule has 0 aliphatic heterocycles. The Morgan fingerprint density at radius 3 is 2.63 bits per heavy atom. The zero-order valence-corrected chi connectivity index (χ0v) is 12.0. The largest absolute Gasteiger partial charge is 0.468 e. The molecular formula is C16H23NO2. The molecule has 0 spiro atoms. The zero-order valence-electron chi connectivity index (χ0n) is 12.0. The standard InChI is InChI=1S/C16H23NO2/c1-11(2)15(16(18)19-3)17-14-9-8-12-6-4-5-7-13(12)10-14/h4-7,11,14-15,17H,8-10H2,1-3H3. The number of nitrogens with one attached hydrogen (secondary N) is 1. The molecule has 0 saturated carbocycles. The minimum atomic E-state index is -0.208. The first kappa shape index (κ1) is 14.1. The molecule has 3 nitrogen and oxygen atoms in total. The van der Waals surface area contributed by atoms with Crippen molar-refractivity contribution in [3.05, 3.63) is 35.4 Å². The van der Waals surface area contributed by atoms with Crippen molar-refractivity contribution < 1.29 is 9.53 Å². The topological polar surface area (TPSA) is 38.3 Å². The number of carbonyl (C=O) groups excluding carboxylic acids is 1. The van der Waals surface area contributed by atoms with Crippen molar-refractivity contribution in [3.8, 4) is 0 Å². The number of ether oxygens (including phenoxy) is 1. The Morgan fingerprint density at radius 2 is 2.00 bits per heavy atom. The van der Waals surface area contributed by atoms with Gasteiger partial charge in [-0.15, -0.1) is 0 Å². The summed E-state index contributed by atoms with van der Waals surface area (Å²) >= 11 is 0. The van der Waals surface area contributed by atoms with E-state index in [1.165, 1.54) is 18.2 Å². The summed E-state index contributed by atoms with van der Waals surface area (Å²) in [5, 5.41) is 3.47. The van der Waals surface area contributed by atoms with E-state index in [9.17, 15) is 4.79 Å². The normalized spacial score (nSPS) is 19.9. The van der Waals surface area contributed by atoms with Gasteiger partial charge in [0.2, 0.25) is 0 Å². The molecule has 1 N–H and O–H groups in total. The second-order valence-corrected chi connectivity index (χ2v) is 5.62. The number of esters is 1. The SMILES string of the molecule is COC(=O)C(NC1CCc2ccccc2C1)C(C)C. The molecule has 2 unspecified atom stereocenters. The fraction of sp³-hybridized carbons (Fsp3) is 0.562. The summed E-state index contributed by atoms with van der Waals surface area (Å²) in [5.74, 6) is 0.0819. The van der Waals surface area contributed by atoms with Gasteiger partial charge in [0.15, 0.2) is 0 Å². The zero-order chi connectivity index (χ0) is 13.8. The third-order valence-electron chi connectivity index (χ3n) is 3.88. The first-order valence-corrected chi connectivity index (χ1v) is 7.02. The van der Waals surface area contributed by atoms with Crippen molar-refractivity contribution >= 4 is 5.97 Å². The molecule has 0 radical (unpaired) electrons. The predicted octanol–water partition coefficient (Wildman–Crippen LogP) is 2.33. The molecule has 19 heavy (non-hydrogen) atoms. The van der Waals surface area contributed by atoms with Crippen molar-refractivity contribution in [2.24, 2.45) is 5.92 Å². The first-order valence-electron chi connectivity index (χ1n) is 7.02. The van der Waals surface area contributed by atoms with Gasteiger partial charge in [0.05, 0.1) is 7.11 Å². The van der Waals surface area contributed by atoms with E-state index in [0.717, 1.165) is 19.3 Å². The Labute approximate surface area is 115 Å². The van der Waals surface area contributed by atoms with Gasteiger partial charge in [0.1, 0.15) is 6.04 Å². The molecule has 2 rings (SSSR count). The van der Waals surface area contributed by atoms with Gasteiger partial charge in [-0.2, -0.15) is 0 Å². The highest BCUT2D eigenvalue weighted by Gasteiger charge is 2.27. The molecule has 2 atom stereocenters. The quantitative estimate of drug-likeness (QED) is 0.845. The fourth-order valence-electron chi connectivity index (χ4n) is 2.75. The first-order chi connectivity index (χ1) is 9.11. The molecule has 0 bridgehead atoms. The van der Waals surface area contributed by atoms with E-state index in [4.69, 9.17) is 4.74 Å². The number of fused-ring (bicyclic) bond motifs is 1. The van der Waals surface area contributed by atoms with E-state index in [1.54, 1.807) is 0 Å². The molecule has 1 aromatic rings. The fourth-order valence-corrected chi connectivity index (χ4v) is 2.75. The second-order valence-electron chi connectivity index (χ2n) is 5.62. The Kier molecular flexibility index (Phi) is 4.59. The molecular weight excluding hydrogens is 238 g/mol. The summed E-state index contributed by atoms with van der Waals surface area (Å²) in [5.41, 5.74) is 2.85. The summed E-state index contributed by atoms with van der Waals surface area (Å²) in [7, 11) is 1.45. The Morgan fingerprint density at radius 1 is 1.32 bits per heavy atom. The molecule has 0 fully saturated rings. The monoisotopic (exact) mass is 261 g/mol. The molecule has 0 aromatic heterocycles. The minimum Gasteiger partial charge on any atom is -0.468 e. The number of carbonyl (C=O) groups is 1. The number of aryl methyl sites for hydroxylation is 1. The number of rotatable bonds is 4. The summed E-state index contributed by atoms with van der Waals surface area (Å²) < 4.78 is 4.88. The molecule has 1 aliphatic rings. The van der Waals surface area contributed by atoms with Crippen LogP contribution in [0.25, 0.3) is 0 Å². The Balaban J connectivity index is 2.02. The summed E-state index contributed by atoms with van der Waals surface area (Å²) in [6.45, 7) is 4.09. The molecule has 0 saturated heterocycles. The Bertz CT molecular complexity index is 442. The lowest BCUT2D eigenvalue weighted by molar-refractivity contribution is -0.144. The van der Waals surface area contributed by atoms with E-state index in [-0.39, 0.29) is 17.9 Å². The number of methoxy groups -OCH3 is 1. The molecule has 1 aliphatic carbocycles. The highest BCUT2D eigenvalue weighted by Crippen LogP contribution is 2.22. The van der Waals surface area contributed by atoms with Gasteiger partial charge in [0.25, 0.3) is 0 Å². The second kappa shape index (κ2) is 6.20. The van der Waals surface area contributed by atoms with Crippen LogP contribution in [0.3, 0.4) is 0 Å². The smallest absolute Gasteiger partial charge is 0.323 e. The maximum atomic E-state index is 11.8. The Hall–Kier alpha value is -1.35. The van der Waals surface area contributed by atoms with Crippen molar-refractivity contribution in [1.82, 2.24) is 5.32 Å². The summed E-state index contributed by atoms with van der Waals surface area (Å²) in [6.07, 6.45) is 3.16. The highest BCUT2D eigenvalue weighted by molar-refractivity contribution is 5.76. The van der Waals surface area contributed by atoms with Gasteiger partial charge >= 0.3 is 5.97 Å². The van der Waals surface area contributed by atoms with Crippen molar-refractivity contribution in [2.45, 2.75) is 45.2 Å². The van der Waals surface area contributed by atoms with Crippen LogP contribution in [-0.4, -0.2) is 25.2 Å². The average Bonchev–Trinajstić information content (AvgIpc) is 2.43. The van der Waals surface area contributed by atoms with Crippen LogP contribution in [0.4, 0.5) is 0 Å². The van der Waals surface area contributed by atoms with E-state index in [1.807, 2.05) is 13.8 Å². The van der Waals surface area contributed by atoms with Gasteiger partial charge in [-0.3, -0.25) is 4.79 Å². The summed E-state index contributed by atoms with van der Waals surface area (Å²) in [4.78, 5) is 11.8. The van der Waals surface area contributed by atoms with E-state index < -0.39 is 0 Å². The molecule has 1 aromatic carbocycles. The number of benzene rings is 1. The third kappa shape index (κ3) is 3.35. The van der Waals surface area contributed by atoms with Crippen molar-refractivity contribution in [2.75, 3.05) is 7.11 Å². The molecule has 0 amide bonds. The lowest BCUT2D eigenvalue weighted by Crippen LogP contribution is -2.48. The van der Waals surface area contributed by atoms with Crippen LogP contribution in [0.15, 0.2) is 24.3 Å². The van der Waals surface area contributed by atoms with Gasteiger partial charge in [-0.1, -0.05) is 38.1 Å². The van der Waals surface area contributed by atoms with Crippen LogP contribution in [-0.2, 0) is 22.4 Å². The van der Waals surface area contributed by atoms with Gasteiger partial charge in [-0.05, 0) is 36.3 Å². The van der Waals surface area contributed by atoms with Gasteiger partial charge in [-0.25, -0.2) is 0 Å². The van der Waals surface area contributed by atoms with Gasteiger partial charge in [0, 0.05) is 6.04 Å².